The quantitative estimate of drug-likeness (QED) is 0.569. The summed E-state index contributed by atoms with van der Waals surface area (Å²) in [4.78, 5) is 11.7. The van der Waals surface area contributed by atoms with Gasteiger partial charge in [0.1, 0.15) is 5.82 Å². The lowest BCUT2D eigenvalue weighted by atomic mass is 9.92. The van der Waals surface area contributed by atoms with E-state index in [9.17, 15) is 9.18 Å². The van der Waals surface area contributed by atoms with Gasteiger partial charge in [-0.2, -0.15) is 0 Å². The Balaban J connectivity index is 2.76. The number of benzene rings is 1. The minimum atomic E-state index is -0.400. The average molecular weight is 283 g/mol. The van der Waals surface area contributed by atoms with Crippen LogP contribution in [0, 0.1) is 11.7 Å². The van der Waals surface area contributed by atoms with Crippen molar-refractivity contribution in [3.63, 3.8) is 0 Å². The standard InChI is InChI=1S/C15H22FNO3/c1-3-4-5-12(15(18)17-19)10-14(20-2)11-6-8-13(16)9-7-11/h6-9,12,14,19H,3-5,10H2,1-2H3,(H,17,18)/t12-,14-/m1/s1. The van der Waals surface area contributed by atoms with Gasteiger partial charge in [-0.15, -0.1) is 0 Å². The van der Waals surface area contributed by atoms with Gasteiger partial charge < -0.3 is 4.74 Å². The second-order valence-corrected chi connectivity index (χ2v) is 4.83. The number of halogens is 1. The molecule has 0 aliphatic heterocycles. The number of hydroxylamine groups is 1. The van der Waals surface area contributed by atoms with Crippen LogP contribution in [0.25, 0.3) is 0 Å². The number of carbonyl (C=O) groups excluding carboxylic acids is 1. The molecule has 0 aromatic heterocycles. The van der Waals surface area contributed by atoms with Crippen molar-refractivity contribution in [2.24, 2.45) is 5.92 Å². The molecule has 2 N–H and O–H groups in total. The van der Waals surface area contributed by atoms with Crippen LogP contribution in [0.4, 0.5) is 4.39 Å². The van der Waals surface area contributed by atoms with E-state index in [1.807, 2.05) is 6.92 Å². The minimum Gasteiger partial charge on any atom is -0.377 e. The van der Waals surface area contributed by atoms with Crippen LogP contribution < -0.4 is 5.48 Å². The molecule has 0 aliphatic carbocycles. The molecule has 0 fully saturated rings. The number of nitrogens with one attached hydrogen (secondary N) is 1. The molecule has 0 heterocycles. The van der Waals surface area contributed by atoms with Crippen molar-refractivity contribution in [3.05, 3.63) is 35.6 Å². The Kier molecular flexibility index (Phi) is 7.18. The van der Waals surface area contributed by atoms with Crippen LogP contribution in [0.2, 0.25) is 0 Å². The Morgan fingerprint density at radius 3 is 2.55 bits per heavy atom. The largest absolute Gasteiger partial charge is 0.377 e. The first-order valence-corrected chi connectivity index (χ1v) is 6.84. The number of methoxy groups -OCH3 is 1. The van der Waals surface area contributed by atoms with Gasteiger partial charge in [0, 0.05) is 13.0 Å². The molecule has 0 unspecified atom stereocenters. The summed E-state index contributed by atoms with van der Waals surface area (Å²) in [5.74, 6) is -1.03. The summed E-state index contributed by atoms with van der Waals surface area (Å²) in [5, 5.41) is 8.81. The van der Waals surface area contributed by atoms with E-state index in [1.54, 1.807) is 24.7 Å². The molecular weight excluding hydrogens is 261 g/mol. The summed E-state index contributed by atoms with van der Waals surface area (Å²) in [7, 11) is 1.56. The summed E-state index contributed by atoms with van der Waals surface area (Å²) in [6.07, 6.45) is 2.72. The van der Waals surface area contributed by atoms with Crippen molar-refractivity contribution < 1.29 is 19.1 Å². The average Bonchev–Trinajstić information content (AvgIpc) is 2.48. The highest BCUT2D eigenvalue weighted by Crippen LogP contribution is 2.27. The van der Waals surface area contributed by atoms with Crippen LogP contribution in [0.15, 0.2) is 24.3 Å². The van der Waals surface area contributed by atoms with Crippen LogP contribution >= 0.6 is 0 Å². The number of amides is 1. The van der Waals surface area contributed by atoms with E-state index in [0.717, 1.165) is 18.4 Å². The summed E-state index contributed by atoms with van der Waals surface area (Å²) < 4.78 is 18.3. The second kappa shape index (κ2) is 8.66. The van der Waals surface area contributed by atoms with E-state index in [1.165, 1.54) is 12.1 Å². The van der Waals surface area contributed by atoms with Gasteiger partial charge in [0.15, 0.2) is 0 Å². The molecule has 1 aromatic rings. The molecule has 4 nitrogen and oxygen atoms in total. The van der Waals surface area contributed by atoms with Crippen molar-refractivity contribution in [1.82, 2.24) is 5.48 Å². The molecule has 112 valence electrons. The molecule has 20 heavy (non-hydrogen) atoms. The third kappa shape index (κ3) is 4.90. The van der Waals surface area contributed by atoms with Gasteiger partial charge in [-0.3, -0.25) is 10.0 Å². The number of carbonyl (C=O) groups is 1. The van der Waals surface area contributed by atoms with Crippen molar-refractivity contribution in [2.45, 2.75) is 38.7 Å². The highest BCUT2D eigenvalue weighted by Gasteiger charge is 2.23. The third-order valence-electron chi connectivity index (χ3n) is 3.41. The first kappa shape index (κ1) is 16.6. The van der Waals surface area contributed by atoms with E-state index in [4.69, 9.17) is 9.94 Å². The SMILES string of the molecule is CCCC[C@H](C[C@@H](OC)c1ccc(F)cc1)C(=O)NO. The summed E-state index contributed by atoms with van der Waals surface area (Å²) in [6.45, 7) is 2.04. The third-order valence-corrected chi connectivity index (χ3v) is 3.41. The topological polar surface area (TPSA) is 58.6 Å². The van der Waals surface area contributed by atoms with E-state index >= 15 is 0 Å². The maximum atomic E-state index is 12.9. The molecule has 0 saturated heterocycles. The van der Waals surface area contributed by atoms with Crippen molar-refractivity contribution in [1.29, 1.82) is 0 Å². The minimum absolute atomic E-state index is 0.297. The number of hydrogen-bond donors (Lipinski definition) is 2. The maximum Gasteiger partial charge on any atom is 0.246 e. The lowest BCUT2D eigenvalue weighted by Crippen LogP contribution is -2.29. The van der Waals surface area contributed by atoms with E-state index in [2.05, 4.69) is 0 Å². The van der Waals surface area contributed by atoms with Gasteiger partial charge in [0.25, 0.3) is 0 Å². The van der Waals surface area contributed by atoms with E-state index < -0.39 is 5.91 Å². The van der Waals surface area contributed by atoms with E-state index in [-0.39, 0.29) is 17.8 Å². The molecule has 1 aromatic carbocycles. The normalized spacial score (nSPS) is 13.8. The Hall–Kier alpha value is -1.46. The van der Waals surface area contributed by atoms with Gasteiger partial charge >= 0.3 is 0 Å². The van der Waals surface area contributed by atoms with E-state index in [0.29, 0.717) is 12.8 Å². The lowest BCUT2D eigenvalue weighted by molar-refractivity contribution is -0.135. The number of ether oxygens (including phenoxy) is 1. The molecule has 0 aliphatic rings. The Morgan fingerprint density at radius 2 is 2.05 bits per heavy atom. The van der Waals surface area contributed by atoms with Crippen LogP contribution in [-0.2, 0) is 9.53 Å². The zero-order valence-electron chi connectivity index (χ0n) is 11.9. The van der Waals surface area contributed by atoms with Crippen LogP contribution in [0.1, 0.15) is 44.3 Å². The zero-order valence-corrected chi connectivity index (χ0v) is 11.9. The van der Waals surface area contributed by atoms with Crippen LogP contribution in [-0.4, -0.2) is 18.2 Å². The Labute approximate surface area is 118 Å². The summed E-state index contributed by atoms with van der Waals surface area (Å²) >= 11 is 0. The van der Waals surface area contributed by atoms with Gasteiger partial charge in [-0.1, -0.05) is 31.9 Å². The van der Waals surface area contributed by atoms with Gasteiger partial charge in [0.05, 0.1) is 6.10 Å². The molecule has 1 rings (SSSR count). The first-order valence-electron chi connectivity index (χ1n) is 6.84. The van der Waals surface area contributed by atoms with Gasteiger partial charge in [-0.25, -0.2) is 9.87 Å². The Bertz CT molecular complexity index is 408. The van der Waals surface area contributed by atoms with Gasteiger partial charge in [-0.05, 0) is 30.5 Å². The first-order chi connectivity index (χ1) is 9.62. The molecule has 5 heteroatoms. The van der Waals surface area contributed by atoms with Crippen LogP contribution in [0.5, 0.6) is 0 Å². The molecule has 0 bridgehead atoms. The van der Waals surface area contributed by atoms with Crippen molar-refractivity contribution >= 4 is 5.91 Å². The van der Waals surface area contributed by atoms with Gasteiger partial charge in [0.2, 0.25) is 5.91 Å². The predicted molar refractivity (Wildman–Crippen MR) is 73.7 cm³/mol. The summed E-state index contributed by atoms with van der Waals surface area (Å²) in [6, 6.07) is 6.04. The maximum absolute atomic E-state index is 12.9. The summed E-state index contributed by atoms with van der Waals surface area (Å²) in [5.41, 5.74) is 2.53. The zero-order chi connectivity index (χ0) is 15.0. The smallest absolute Gasteiger partial charge is 0.246 e. The molecule has 0 radical (unpaired) electrons. The molecule has 1 amide bonds. The fourth-order valence-corrected chi connectivity index (χ4v) is 2.20. The van der Waals surface area contributed by atoms with Crippen molar-refractivity contribution in [2.75, 3.05) is 7.11 Å². The molecule has 0 spiro atoms. The predicted octanol–water partition coefficient (Wildman–Crippen LogP) is 3.22. The monoisotopic (exact) mass is 283 g/mol. The number of unbranched alkanes of at least 4 members (excludes halogenated alkanes) is 1. The highest BCUT2D eigenvalue weighted by atomic mass is 19.1. The molecule has 0 saturated carbocycles. The highest BCUT2D eigenvalue weighted by molar-refractivity contribution is 5.77. The number of rotatable bonds is 8. The second-order valence-electron chi connectivity index (χ2n) is 4.83. The lowest BCUT2D eigenvalue weighted by Gasteiger charge is -2.21. The Morgan fingerprint density at radius 1 is 1.40 bits per heavy atom. The van der Waals surface area contributed by atoms with Crippen molar-refractivity contribution in [3.8, 4) is 0 Å². The molecule has 2 atom stereocenters. The number of hydrogen-bond acceptors (Lipinski definition) is 3. The fourth-order valence-electron chi connectivity index (χ4n) is 2.20. The molecular formula is C15H22FNO3. The van der Waals surface area contributed by atoms with Crippen LogP contribution in [0.3, 0.4) is 0 Å². The fraction of sp³-hybridized carbons (Fsp3) is 0.533.